The summed E-state index contributed by atoms with van der Waals surface area (Å²) in [6.07, 6.45) is 1.57. The van der Waals surface area contributed by atoms with E-state index in [1.54, 1.807) is 50.3 Å². The van der Waals surface area contributed by atoms with Crippen molar-refractivity contribution in [1.82, 2.24) is 4.57 Å². The molecule has 0 spiro atoms. The molecule has 1 aliphatic heterocycles. The van der Waals surface area contributed by atoms with Crippen LogP contribution in [0.4, 0.5) is 4.39 Å². The maximum Gasteiger partial charge on any atom is 0.338 e. The van der Waals surface area contributed by atoms with E-state index in [0.717, 1.165) is 5.56 Å². The lowest BCUT2D eigenvalue weighted by Crippen LogP contribution is -2.40. The standard InChI is InChI=1S/C33H30ClFN2O5S/c1-5-40-32(39)29-20(4)36-33-37(30(29)25-8-6-7-9-27(25)42-19(2)3)31(38)28(43-33)17-22-16-23(34)12-15-26(22)41-18-21-10-13-24(35)14-11-21/h6-17,19,30H,5,18H2,1-4H3/b28-17-/t30-/m1/s1. The summed E-state index contributed by atoms with van der Waals surface area (Å²) in [6.45, 7) is 7.66. The van der Waals surface area contributed by atoms with Gasteiger partial charge in [-0.05, 0) is 75.7 Å². The van der Waals surface area contributed by atoms with Crippen molar-refractivity contribution in [1.29, 1.82) is 0 Å². The first-order chi connectivity index (χ1) is 20.7. The van der Waals surface area contributed by atoms with E-state index in [1.807, 2.05) is 38.1 Å². The average molecular weight is 621 g/mol. The number of ether oxygens (including phenoxy) is 3. The molecule has 0 unspecified atom stereocenters. The fourth-order valence-corrected chi connectivity index (χ4v) is 6.02. The van der Waals surface area contributed by atoms with Crippen molar-refractivity contribution in [2.75, 3.05) is 6.61 Å². The first kappa shape index (κ1) is 30.3. The molecule has 0 aliphatic carbocycles. The van der Waals surface area contributed by atoms with Crippen LogP contribution in [-0.4, -0.2) is 23.2 Å². The summed E-state index contributed by atoms with van der Waals surface area (Å²) in [5.74, 6) is 0.174. The monoisotopic (exact) mass is 620 g/mol. The van der Waals surface area contributed by atoms with Gasteiger partial charge in [0.05, 0.1) is 28.5 Å². The summed E-state index contributed by atoms with van der Waals surface area (Å²) in [4.78, 5) is 32.5. The SMILES string of the molecule is CCOC(=O)C1=C(C)N=c2s/c(=C\c3cc(Cl)ccc3OCc3ccc(F)cc3)c(=O)n2[C@@H]1c1ccccc1OC(C)C. The Bertz CT molecular complexity index is 1880. The third-order valence-corrected chi connectivity index (χ3v) is 7.88. The van der Waals surface area contributed by atoms with Crippen LogP contribution in [0.25, 0.3) is 6.08 Å². The highest BCUT2D eigenvalue weighted by molar-refractivity contribution is 7.07. The fourth-order valence-electron chi connectivity index (χ4n) is 4.80. The Morgan fingerprint density at radius 2 is 1.86 bits per heavy atom. The second-order valence-electron chi connectivity index (χ2n) is 10.1. The highest BCUT2D eigenvalue weighted by atomic mass is 35.5. The van der Waals surface area contributed by atoms with Gasteiger partial charge in [0.2, 0.25) is 0 Å². The molecule has 0 amide bonds. The lowest BCUT2D eigenvalue weighted by Gasteiger charge is -2.26. The highest BCUT2D eigenvalue weighted by Crippen LogP contribution is 2.36. The molecule has 0 N–H and O–H groups in total. The Morgan fingerprint density at radius 3 is 2.58 bits per heavy atom. The molecule has 7 nitrogen and oxygen atoms in total. The topological polar surface area (TPSA) is 79.1 Å². The zero-order valence-corrected chi connectivity index (χ0v) is 25.7. The summed E-state index contributed by atoms with van der Waals surface area (Å²) >= 11 is 7.53. The van der Waals surface area contributed by atoms with Crippen molar-refractivity contribution in [2.45, 2.75) is 46.4 Å². The van der Waals surface area contributed by atoms with E-state index < -0.39 is 12.0 Å². The number of fused-ring (bicyclic) bond motifs is 1. The zero-order chi connectivity index (χ0) is 30.7. The molecule has 2 heterocycles. The van der Waals surface area contributed by atoms with Crippen molar-refractivity contribution < 1.29 is 23.4 Å². The summed E-state index contributed by atoms with van der Waals surface area (Å²) in [5.41, 5.74) is 2.40. The molecule has 0 radical (unpaired) electrons. The van der Waals surface area contributed by atoms with Crippen LogP contribution in [0.1, 0.15) is 50.4 Å². The maximum atomic E-state index is 14.1. The van der Waals surface area contributed by atoms with Crippen LogP contribution in [0, 0.1) is 5.82 Å². The number of rotatable bonds is 9. The van der Waals surface area contributed by atoms with Crippen molar-refractivity contribution in [3.63, 3.8) is 0 Å². The molecule has 43 heavy (non-hydrogen) atoms. The lowest BCUT2D eigenvalue weighted by atomic mass is 9.95. The van der Waals surface area contributed by atoms with Gasteiger partial charge in [-0.1, -0.05) is 53.3 Å². The van der Waals surface area contributed by atoms with Crippen molar-refractivity contribution in [3.05, 3.63) is 125 Å². The molecule has 1 atom stereocenters. The van der Waals surface area contributed by atoms with Crippen LogP contribution in [-0.2, 0) is 16.1 Å². The number of thiazole rings is 1. The van der Waals surface area contributed by atoms with Gasteiger partial charge in [-0.15, -0.1) is 0 Å². The third kappa shape index (κ3) is 6.58. The van der Waals surface area contributed by atoms with Gasteiger partial charge in [-0.2, -0.15) is 0 Å². The number of nitrogens with zero attached hydrogens (tertiary/aromatic N) is 2. The summed E-state index contributed by atoms with van der Waals surface area (Å²) in [6, 6.07) is 17.7. The van der Waals surface area contributed by atoms with E-state index in [4.69, 9.17) is 25.8 Å². The number of para-hydroxylation sites is 1. The molecular formula is C33H30ClFN2O5S. The average Bonchev–Trinajstić information content (AvgIpc) is 3.27. The molecule has 222 valence electrons. The number of hydrogen-bond donors (Lipinski definition) is 0. The molecule has 10 heteroatoms. The van der Waals surface area contributed by atoms with Crippen LogP contribution in [0.5, 0.6) is 11.5 Å². The number of carbonyl (C=O) groups is 1. The first-order valence-electron chi connectivity index (χ1n) is 13.8. The summed E-state index contributed by atoms with van der Waals surface area (Å²) in [5, 5.41) is 0.464. The second-order valence-corrected chi connectivity index (χ2v) is 11.5. The molecule has 0 saturated carbocycles. The molecule has 4 aromatic rings. The van der Waals surface area contributed by atoms with Crippen molar-refractivity contribution in [2.24, 2.45) is 4.99 Å². The number of esters is 1. The quantitative estimate of drug-likeness (QED) is 0.216. The van der Waals surface area contributed by atoms with Crippen molar-refractivity contribution in [3.8, 4) is 11.5 Å². The molecule has 0 bridgehead atoms. The fraction of sp³-hybridized carbons (Fsp3) is 0.242. The van der Waals surface area contributed by atoms with Gasteiger partial charge in [-0.3, -0.25) is 9.36 Å². The largest absolute Gasteiger partial charge is 0.491 e. The summed E-state index contributed by atoms with van der Waals surface area (Å²) in [7, 11) is 0. The minimum atomic E-state index is -0.819. The molecule has 0 saturated heterocycles. The van der Waals surface area contributed by atoms with Gasteiger partial charge >= 0.3 is 5.97 Å². The number of allylic oxidation sites excluding steroid dienone is 1. The van der Waals surface area contributed by atoms with Gasteiger partial charge in [0, 0.05) is 16.1 Å². The number of benzene rings is 3. The zero-order valence-electron chi connectivity index (χ0n) is 24.1. The number of aromatic nitrogens is 1. The Hall–Kier alpha value is -4.21. The lowest BCUT2D eigenvalue weighted by molar-refractivity contribution is -0.139. The Kier molecular flexibility index (Phi) is 9.13. The van der Waals surface area contributed by atoms with Crippen LogP contribution in [0.2, 0.25) is 5.02 Å². The molecule has 0 fully saturated rings. The Morgan fingerprint density at radius 1 is 1.12 bits per heavy atom. The van der Waals surface area contributed by atoms with Crippen LogP contribution in [0.15, 0.2) is 87.8 Å². The predicted molar refractivity (Wildman–Crippen MR) is 165 cm³/mol. The van der Waals surface area contributed by atoms with Gasteiger partial charge in [0.15, 0.2) is 4.80 Å². The van der Waals surface area contributed by atoms with E-state index in [-0.39, 0.29) is 36.3 Å². The number of halogens is 2. The molecular weight excluding hydrogens is 591 g/mol. The number of carbonyl (C=O) groups excluding carboxylic acids is 1. The highest BCUT2D eigenvalue weighted by Gasteiger charge is 2.35. The maximum absolute atomic E-state index is 14.1. The Balaban J connectivity index is 1.64. The van der Waals surface area contributed by atoms with E-state index in [2.05, 4.69) is 4.99 Å². The van der Waals surface area contributed by atoms with Crippen LogP contribution < -0.4 is 24.4 Å². The van der Waals surface area contributed by atoms with E-state index in [0.29, 0.717) is 42.7 Å². The normalized spacial score (nSPS) is 14.9. The molecule has 3 aromatic carbocycles. The van der Waals surface area contributed by atoms with Gasteiger partial charge in [0.1, 0.15) is 30.0 Å². The summed E-state index contributed by atoms with van der Waals surface area (Å²) < 4.78 is 32.8. The number of hydrogen-bond acceptors (Lipinski definition) is 7. The van der Waals surface area contributed by atoms with E-state index in [1.165, 1.54) is 28.0 Å². The van der Waals surface area contributed by atoms with Gasteiger partial charge in [0.25, 0.3) is 5.56 Å². The first-order valence-corrected chi connectivity index (χ1v) is 15.0. The minimum Gasteiger partial charge on any atom is -0.491 e. The van der Waals surface area contributed by atoms with Gasteiger partial charge in [-0.25, -0.2) is 14.2 Å². The van der Waals surface area contributed by atoms with Crippen molar-refractivity contribution >= 4 is 35.0 Å². The third-order valence-electron chi connectivity index (χ3n) is 6.66. The Labute approximate surface area is 257 Å². The minimum absolute atomic E-state index is 0.135. The smallest absolute Gasteiger partial charge is 0.338 e. The predicted octanol–water partition coefficient (Wildman–Crippen LogP) is 5.96. The van der Waals surface area contributed by atoms with Crippen LogP contribution >= 0.6 is 22.9 Å². The van der Waals surface area contributed by atoms with Gasteiger partial charge < -0.3 is 14.2 Å². The van der Waals surface area contributed by atoms with E-state index >= 15 is 0 Å². The van der Waals surface area contributed by atoms with Crippen LogP contribution in [0.3, 0.4) is 0 Å². The second kappa shape index (κ2) is 13.0. The molecule has 1 aliphatic rings. The van der Waals surface area contributed by atoms with E-state index in [9.17, 15) is 14.0 Å². The molecule has 1 aromatic heterocycles. The molecule has 5 rings (SSSR count).